The van der Waals surface area contributed by atoms with Gasteiger partial charge in [0.1, 0.15) is 5.75 Å². The van der Waals surface area contributed by atoms with Crippen LogP contribution in [0.15, 0.2) is 24.3 Å². The molecular formula is C13H15F5O. The Labute approximate surface area is 108 Å². The normalized spacial score (nSPS) is 13.5. The molecule has 1 nitrogen and oxygen atoms in total. The SMILES string of the molecule is CC(C)(C)c1ccc(OCC(F)(F)C(F)(F)F)cc1. The Hall–Kier alpha value is -1.33. The summed E-state index contributed by atoms with van der Waals surface area (Å²) in [5.41, 5.74) is 0.802. The van der Waals surface area contributed by atoms with Crippen molar-refractivity contribution in [3.63, 3.8) is 0 Å². The summed E-state index contributed by atoms with van der Waals surface area (Å²) in [7, 11) is 0. The average molecular weight is 282 g/mol. The maximum atomic E-state index is 12.6. The van der Waals surface area contributed by atoms with Gasteiger partial charge in [-0.05, 0) is 23.1 Å². The van der Waals surface area contributed by atoms with E-state index < -0.39 is 18.7 Å². The van der Waals surface area contributed by atoms with Gasteiger partial charge in [-0.25, -0.2) is 0 Å². The molecule has 0 amide bonds. The van der Waals surface area contributed by atoms with Gasteiger partial charge in [-0.15, -0.1) is 0 Å². The summed E-state index contributed by atoms with van der Waals surface area (Å²) in [4.78, 5) is 0. The largest absolute Gasteiger partial charge is 0.487 e. The molecule has 0 bridgehead atoms. The number of hydrogen-bond acceptors (Lipinski definition) is 1. The van der Waals surface area contributed by atoms with Crippen molar-refractivity contribution in [1.82, 2.24) is 0 Å². The minimum atomic E-state index is -5.60. The molecule has 0 aromatic heterocycles. The van der Waals surface area contributed by atoms with Gasteiger partial charge in [0.05, 0.1) is 0 Å². The van der Waals surface area contributed by atoms with Crippen LogP contribution in [0.2, 0.25) is 0 Å². The van der Waals surface area contributed by atoms with Gasteiger partial charge in [0, 0.05) is 0 Å². The molecule has 0 N–H and O–H groups in total. The van der Waals surface area contributed by atoms with Gasteiger partial charge >= 0.3 is 12.1 Å². The van der Waals surface area contributed by atoms with Gasteiger partial charge in [0.25, 0.3) is 0 Å². The molecular weight excluding hydrogens is 267 g/mol. The molecule has 0 fully saturated rings. The molecule has 108 valence electrons. The fraction of sp³-hybridized carbons (Fsp3) is 0.538. The summed E-state index contributed by atoms with van der Waals surface area (Å²) in [5.74, 6) is -4.87. The second-order valence-electron chi connectivity index (χ2n) is 5.27. The lowest BCUT2D eigenvalue weighted by Gasteiger charge is -2.21. The van der Waals surface area contributed by atoms with Crippen LogP contribution < -0.4 is 4.74 Å². The summed E-state index contributed by atoms with van der Waals surface area (Å²) >= 11 is 0. The monoisotopic (exact) mass is 282 g/mol. The molecule has 1 rings (SSSR count). The first-order valence-corrected chi connectivity index (χ1v) is 5.61. The third kappa shape index (κ3) is 4.08. The molecule has 0 spiro atoms. The topological polar surface area (TPSA) is 9.23 Å². The summed E-state index contributed by atoms with van der Waals surface area (Å²) in [6, 6.07) is 6.04. The van der Waals surface area contributed by atoms with Crippen molar-refractivity contribution in [3.8, 4) is 5.75 Å². The van der Waals surface area contributed by atoms with Crippen LogP contribution in [0.5, 0.6) is 5.75 Å². The molecule has 0 unspecified atom stereocenters. The zero-order valence-corrected chi connectivity index (χ0v) is 10.8. The van der Waals surface area contributed by atoms with Crippen LogP contribution in [0, 0.1) is 0 Å². The molecule has 0 aliphatic rings. The molecule has 19 heavy (non-hydrogen) atoms. The van der Waals surface area contributed by atoms with E-state index in [2.05, 4.69) is 4.74 Å². The average Bonchev–Trinajstić information content (AvgIpc) is 2.24. The molecule has 0 saturated heterocycles. The van der Waals surface area contributed by atoms with Crippen LogP contribution in [0.1, 0.15) is 26.3 Å². The minimum Gasteiger partial charge on any atom is -0.487 e. The third-order valence-electron chi connectivity index (χ3n) is 2.56. The van der Waals surface area contributed by atoms with E-state index in [1.807, 2.05) is 20.8 Å². The van der Waals surface area contributed by atoms with Crippen LogP contribution in [-0.2, 0) is 5.41 Å². The van der Waals surface area contributed by atoms with Crippen LogP contribution in [-0.4, -0.2) is 18.7 Å². The molecule has 0 aliphatic heterocycles. The maximum absolute atomic E-state index is 12.6. The lowest BCUT2D eigenvalue weighted by Crippen LogP contribution is -2.41. The van der Waals surface area contributed by atoms with E-state index in [4.69, 9.17) is 0 Å². The Bertz CT molecular complexity index is 414. The van der Waals surface area contributed by atoms with Crippen LogP contribution >= 0.6 is 0 Å². The molecule has 1 aromatic carbocycles. The number of halogens is 5. The predicted molar refractivity (Wildman–Crippen MR) is 61.6 cm³/mol. The van der Waals surface area contributed by atoms with Crippen molar-refractivity contribution >= 4 is 0 Å². The van der Waals surface area contributed by atoms with Crippen LogP contribution in [0.3, 0.4) is 0 Å². The van der Waals surface area contributed by atoms with Crippen molar-refractivity contribution in [2.75, 3.05) is 6.61 Å². The summed E-state index contributed by atoms with van der Waals surface area (Å²) in [5, 5.41) is 0. The molecule has 0 saturated carbocycles. The van der Waals surface area contributed by atoms with E-state index in [0.717, 1.165) is 5.56 Å². The van der Waals surface area contributed by atoms with Crippen molar-refractivity contribution in [1.29, 1.82) is 0 Å². The molecule has 6 heteroatoms. The van der Waals surface area contributed by atoms with Crippen molar-refractivity contribution < 1.29 is 26.7 Å². The lowest BCUT2D eigenvalue weighted by molar-refractivity contribution is -0.290. The molecule has 0 heterocycles. The third-order valence-corrected chi connectivity index (χ3v) is 2.56. The van der Waals surface area contributed by atoms with Gasteiger partial charge in [-0.2, -0.15) is 22.0 Å². The Balaban J connectivity index is 2.70. The molecule has 1 aromatic rings. The fourth-order valence-electron chi connectivity index (χ4n) is 1.31. The standard InChI is InChI=1S/C13H15F5O/c1-11(2,3)9-4-6-10(7-5-9)19-8-12(14,15)13(16,17)18/h4-7H,8H2,1-3H3. The van der Waals surface area contributed by atoms with Crippen LogP contribution in [0.4, 0.5) is 22.0 Å². The van der Waals surface area contributed by atoms with Crippen molar-refractivity contribution in [3.05, 3.63) is 29.8 Å². The highest BCUT2D eigenvalue weighted by Gasteiger charge is 2.58. The van der Waals surface area contributed by atoms with Gasteiger partial charge in [-0.1, -0.05) is 32.9 Å². The first-order valence-electron chi connectivity index (χ1n) is 5.61. The smallest absolute Gasteiger partial charge is 0.456 e. The predicted octanol–water partition coefficient (Wildman–Crippen LogP) is 4.56. The Morgan fingerprint density at radius 2 is 1.37 bits per heavy atom. The van der Waals surface area contributed by atoms with Crippen LogP contribution in [0.25, 0.3) is 0 Å². The second-order valence-corrected chi connectivity index (χ2v) is 5.27. The quantitative estimate of drug-likeness (QED) is 0.738. The molecule has 0 atom stereocenters. The van der Waals surface area contributed by atoms with Gasteiger partial charge in [-0.3, -0.25) is 0 Å². The van der Waals surface area contributed by atoms with Crippen molar-refractivity contribution in [2.24, 2.45) is 0 Å². The minimum absolute atomic E-state index is 0.0167. The highest BCUT2D eigenvalue weighted by Crippen LogP contribution is 2.35. The zero-order chi connectivity index (χ0) is 14.9. The van der Waals surface area contributed by atoms with E-state index in [1.165, 1.54) is 12.1 Å². The van der Waals surface area contributed by atoms with E-state index in [-0.39, 0.29) is 11.2 Å². The maximum Gasteiger partial charge on any atom is 0.456 e. The highest BCUT2D eigenvalue weighted by molar-refractivity contribution is 5.31. The zero-order valence-electron chi connectivity index (χ0n) is 10.8. The summed E-state index contributed by atoms with van der Waals surface area (Å²) in [6.07, 6.45) is -5.60. The second kappa shape index (κ2) is 4.98. The molecule has 0 aliphatic carbocycles. The Kier molecular flexibility index (Phi) is 4.12. The number of hydrogen-bond donors (Lipinski definition) is 0. The fourth-order valence-corrected chi connectivity index (χ4v) is 1.31. The Morgan fingerprint density at radius 3 is 1.74 bits per heavy atom. The van der Waals surface area contributed by atoms with Crippen molar-refractivity contribution in [2.45, 2.75) is 38.3 Å². The lowest BCUT2D eigenvalue weighted by atomic mass is 9.87. The van der Waals surface area contributed by atoms with E-state index in [1.54, 1.807) is 12.1 Å². The van der Waals surface area contributed by atoms with Gasteiger partial charge in [0.2, 0.25) is 0 Å². The number of ether oxygens (including phenoxy) is 1. The van der Waals surface area contributed by atoms with E-state index in [0.29, 0.717) is 0 Å². The Morgan fingerprint density at radius 1 is 0.895 bits per heavy atom. The van der Waals surface area contributed by atoms with E-state index >= 15 is 0 Å². The number of rotatable bonds is 3. The van der Waals surface area contributed by atoms with Gasteiger partial charge in [0.15, 0.2) is 6.61 Å². The number of alkyl halides is 5. The molecule has 0 radical (unpaired) electrons. The van der Waals surface area contributed by atoms with E-state index in [9.17, 15) is 22.0 Å². The first kappa shape index (κ1) is 15.7. The first-order chi connectivity index (χ1) is 8.43. The summed E-state index contributed by atoms with van der Waals surface area (Å²) < 4.78 is 65.5. The number of benzene rings is 1. The highest BCUT2D eigenvalue weighted by atomic mass is 19.4. The van der Waals surface area contributed by atoms with Gasteiger partial charge < -0.3 is 4.74 Å². The summed E-state index contributed by atoms with van der Waals surface area (Å²) in [6.45, 7) is 4.16.